The molecule has 1 heterocycles. The Morgan fingerprint density at radius 1 is 1.53 bits per heavy atom. The zero-order chi connectivity index (χ0) is 11.3. The molecule has 3 nitrogen and oxygen atoms in total. The van der Waals surface area contributed by atoms with E-state index < -0.39 is 5.97 Å². The number of aryl methyl sites for hydroxylation is 1. The van der Waals surface area contributed by atoms with Crippen molar-refractivity contribution < 1.29 is 9.90 Å². The summed E-state index contributed by atoms with van der Waals surface area (Å²) in [6.07, 6.45) is 4.97. The first-order valence-corrected chi connectivity index (χ1v) is 5.23. The number of hydrogen-bond acceptors (Lipinski definition) is 2. The molecule has 1 atom stereocenters. The molecule has 1 aromatic rings. The third-order valence-corrected chi connectivity index (χ3v) is 2.59. The molecule has 1 N–H and O–H groups in total. The van der Waals surface area contributed by atoms with Crippen LogP contribution in [0, 0.1) is 11.8 Å². The lowest BCUT2D eigenvalue weighted by Gasteiger charge is -2.15. The predicted molar refractivity (Wildman–Crippen MR) is 58.5 cm³/mol. The minimum absolute atomic E-state index is 0.180. The molecule has 0 amide bonds. The van der Waals surface area contributed by atoms with E-state index in [0.717, 1.165) is 12.0 Å². The van der Waals surface area contributed by atoms with Gasteiger partial charge in [-0.2, -0.15) is 0 Å². The normalized spacial score (nSPS) is 12.7. The fraction of sp³-hybridized carbons (Fsp3) is 0.500. The minimum Gasteiger partial charge on any atom is -0.481 e. The minimum atomic E-state index is -0.700. The smallest absolute Gasteiger partial charge is 0.306 e. The second-order valence-electron chi connectivity index (χ2n) is 4.09. The van der Waals surface area contributed by atoms with Gasteiger partial charge in [-0.15, -0.1) is 0 Å². The van der Waals surface area contributed by atoms with E-state index in [1.165, 1.54) is 0 Å². The Bertz CT molecular complexity index is 309. The summed E-state index contributed by atoms with van der Waals surface area (Å²) in [5.41, 5.74) is 1.10. The average molecular weight is 207 g/mol. The molecule has 1 rings (SSSR count). The van der Waals surface area contributed by atoms with E-state index in [4.69, 9.17) is 5.11 Å². The summed E-state index contributed by atoms with van der Waals surface area (Å²) in [5.74, 6) is -0.779. The highest BCUT2D eigenvalue weighted by atomic mass is 16.4. The Balaban J connectivity index is 2.51. The Morgan fingerprint density at radius 2 is 2.27 bits per heavy atom. The number of pyridine rings is 1. The summed E-state index contributed by atoms with van der Waals surface area (Å²) < 4.78 is 0. The van der Waals surface area contributed by atoms with Crippen molar-refractivity contribution in [2.45, 2.75) is 26.7 Å². The van der Waals surface area contributed by atoms with Crippen molar-refractivity contribution in [1.29, 1.82) is 0 Å². The number of aliphatic carboxylic acids is 1. The van der Waals surface area contributed by atoms with Crippen LogP contribution in [0.1, 0.15) is 25.8 Å². The maximum absolute atomic E-state index is 10.9. The molecule has 82 valence electrons. The van der Waals surface area contributed by atoms with Crippen LogP contribution in [-0.4, -0.2) is 16.1 Å². The van der Waals surface area contributed by atoms with Crippen molar-refractivity contribution in [1.82, 2.24) is 4.98 Å². The van der Waals surface area contributed by atoms with E-state index in [1.54, 1.807) is 12.4 Å². The molecule has 15 heavy (non-hydrogen) atoms. The van der Waals surface area contributed by atoms with E-state index in [2.05, 4.69) is 4.98 Å². The predicted octanol–water partition coefficient (Wildman–Crippen LogP) is 2.37. The summed E-state index contributed by atoms with van der Waals surface area (Å²) in [7, 11) is 0. The fourth-order valence-electron chi connectivity index (χ4n) is 1.61. The van der Waals surface area contributed by atoms with Crippen LogP contribution in [0.2, 0.25) is 0 Å². The number of carbonyl (C=O) groups is 1. The lowest BCUT2D eigenvalue weighted by Crippen LogP contribution is -2.20. The molecule has 0 aliphatic rings. The Labute approximate surface area is 90.2 Å². The monoisotopic (exact) mass is 207 g/mol. The van der Waals surface area contributed by atoms with Crippen LogP contribution in [0.25, 0.3) is 0 Å². The van der Waals surface area contributed by atoms with Gasteiger partial charge in [0.1, 0.15) is 0 Å². The van der Waals surface area contributed by atoms with Gasteiger partial charge in [-0.05, 0) is 30.4 Å². The summed E-state index contributed by atoms with van der Waals surface area (Å²) in [6, 6.07) is 3.85. The first-order chi connectivity index (χ1) is 7.11. The standard InChI is InChI=1S/C12H17NO2/c1-9(2)11(12(14)15)6-5-10-4-3-7-13-8-10/h3-4,7-9,11H,5-6H2,1-2H3,(H,14,15). The lowest BCUT2D eigenvalue weighted by molar-refractivity contribution is -0.143. The van der Waals surface area contributed by atoms with Gasteiger partial charge >= 0.3 is 5.97 Å². The van der Waals surface area contributed by atoms with Gasteiger partial charge in [-0.1, -0.05) is 19.9 Å². The van der Waals surface area contributed by atoms with Gasteiger partial charge in [0, 0.05) is 12.4 Å². The maximum atomic E-state index is 10.9. The summed E-state index contributed by atoms with van der Waals surface area (Å²) in [5, 5.41) is 9.01. The van der Waals surface area contributed by atoms with Crippen LogP contribution >= 0.6 is 0 Å². The molecule has 0 radical (unpaired) electrons. The molecule has 0 fully saturated rings. The molecule has 1 unspecified atom stereocenters. The third-order valence-electron chi connectivity index (χ3n) is 2.59. The van der Waals surface area contributed by atoms with Crippen molar-refractivity contribution in [3.8, 4) is 0 Å². The fourth-order valence-corrected chi connectivity index (χ4v) is 1.61. The first kappa shape index (κ1) is 11.7. The molecule has 0 aliphatic carbocycles. The van der Waals surface area contributed by atoms with Crippen LogP contribution in [0.5, 0.6) is 0 Å². The zero-order valence-electron chi connectivity index (χ0n) is 9.18. The van der Waals surface area contributed by atoms with Gasteiger partial charge in [0.05, 0.1) is 5.92 Å². The first-order valence-electron chi connectivity index (χ1n) is 5.23. The number of carboxylic acid groups (broad SMARTS) is 1. The van der Waals surface area contributed by atoms with Gasteiger partial charge in [-0.25, -0.2) is 0 Å². The van der Waals surface area contributed by atoms with Crippen molar-refractivity contribution in [3.63, 3.8) is 0 Å². The second-order valence-corrected chi connectivity index (χ2v) is 4.09. The summed E-state index contributed by atoms with van der Waals surface area (Å²) in [4.78, 5) is 15.0. The Hall–Kier alpha value is -1.38. The van der Waals surface area contributed by atoms with E-state index >= 15 is 0 Å². The molecular formula is C12H17NO2. The molecule has 0 aromatic carbocycles. The molecule has 3 heteroatoms. The van der Waals surface area contributed by atoms with Crippen LogP contribution in [-0.2, 0) is 11.2 Å². The molecule has 0 saturated heterocycles. The van der Waals surface area contributed by atoms with Gasteiger partial charge < -0.3 is 5.11 Å². The van der Waals surface area contributed by atoms with Gasteiger partial charge in [0.2, 0.25) is 0 Å². The van der Waals surface area contributed by atoms with Crippen molar-refractivity contribution in [2.24, 2.45) is 11.8 Å². The molecule has 0 spiro atoms. The quantitative estimate of drug-likeness (QED) is 0.806. The summed E-state index contributed by atoms with van der Waals surface area (Å²) >= 11 is 0. The highest BCUT2D eigenvalue weighted by Gasteiger charge is 2.20. The number of hydrogen-bond donors (Lipinski definition) is 1. The van der Waals surface area contributed by atoms with Crippen molar-refractivity contribution >= 4 is 5.97 Å². The second kappa shape index (κ2) is 5.49. The lowest BCUT2D eigenvalue weighted by atomic mass is 9.90. The molecule has 0 saturated carbocycles. The topological polar surface area (TPSA) is 50.2 Å². The van der Waals surface area contributed by atoms with Crippen LogP contribution in [0.15, 0.2) is 24.5 Å². The number of carboxylic acids is 1. The van der Waals surface area contributed by atoms with E-state index in [9.17, 15) is 4.79 Å². The highest BCUT2D eigenvalue weighted by molar-refractivity contribution is 5.70. The maximum Gasteiger partial charge on any atom is 0.306 e. The van der Waals surface area contributed by atoms with Crippen molar-refractivity contribution in [3.05, 3.63) is 30.1 Å². The van der Waals surface area contributed by atoms with Crippen LogP contribution in [0.3, 0.4) is 0 Å². The highest BCUT2D eigenvalue weighted by Crippen LogP contribution is 2.17. The van der Waals surface area contributed by atoms with E-state index in [1.807, 2.05) is 26.0 Å². The van der Waals surface area contributed by atoms with Crippen LogP contribution < -0.4 is 0 Å². The van der Waals surface area contributed by atoms with E-state index in [-0.39, 0.29) is 11.8 Å². The Morgan fingerprint density at radius 3 is 2.73 bits per heavy atom. The third kappa shape index (κ3) is 3.70. The van der Waals surface area contributed by atoms with Gasteiger partial charge in [0.15, 0.2) is 0 Å². The van der Waals surface area contributed by atoms with Crippen LogP contribution in [0.4, 0.5) is 0 Å². The number of nitrogens with zero attached hydrogens (tertiary/aromatic N) is 1. The van der Waals surface area contributed by atoms with Crippen molar-refractivity contribution in [2.75, 3.05) is 0 Å². The SMILES string of the molecule is CC(C)C(CCc1cccnc1)C(=O)O. The summed E-state index contributed by atoms with van der Waals surface area (Å²) in [6.45, 7) is 3.89. The largest absolute Gasteiger partial charge is 0.481 e. The molecule has 0 aliphatic heterocycles. The number of rotatable bonds is 5. The average Bonchev–Trinajstić information content (AvgIpc) is 2.18. The Kier molecular flexibility index (Phi) is 4.28. The molecular weight excluding hydrogens is 190 g/mol. The zero-order valence-corrected chi connectivity index (χ0v) is 9.18. The molecule has 0 bridgehead atoms. The molecule has 1 aromatic heterocycles. The number of aromatic nitrogens is 1. The van der Waals surface area contributed by atoms with Gasteiger partial charge in [0.25, 0.3) is 0 Å². The van der Waals surface area contributed by atoms with Gasteiger partial charge in [-0.3, -0.25) is 9.78 Å². The van der Waals surface area contributed by atoms with E-state index in [0.29, 0.717) is 6.42 Å².